The normalized spacial score (nSPS) is 9.09. The van der Waals surface area contributed by atoms with Crippen LogP contribution in [0.1, 0.15) is 10.6 Å². The molecule has 1 aromatic heterocycles. The molecule has 11 heavy (non-hydrogen) atoms. The number of ether oxygens (including phenoxy) is 1. The molecule has 0 radical (unpaired) electrons. The zero-order valence-electron chi connectivity index (χ0n) is 5.91. The highest BCUT2D eigenvalue weighted by atomic mass is 16.5. The zero-order valence-corrected chi connectivity index (χ0v) is 5.91. The molecule has 0 saturated carbocycles. The van der Waals surface area contributed by atoms with Gasteiger partial charge < -0.3 is 9.72 Å². The highest BCUT2D eigenvalue weighted by Gasteiger charge is 2.06. The molecular weight excluding hydrogens is 144 g/mol. The standard InChI is InChI=1S/C7H8N2O2/c1-2-5-11-7(10)6-8-3-4-9-6/h2-4H,1,5H2,(H,8,9). The molecule has 0 aliphatic carbocycles. The predicted octanol–water partition coefficient (Wildman–Crippen LogP) is 0.752. The van der Waals surface area contributed by atoms with Gasteiger partial charge in [0.2, 0.25) is 5.82 Å². The highest BCUT2D eigenvalue weighted by Crippen LogP contribution is 1.91. The molecule has 0 aromatic carbocycles. The SMILES string of the molecule is C=CCOC(=O)c1ncc[nH]1. The molecule has 4 heteroatoms. The van der Waals surface area contributed by atoms with E-state index in [2.05, 4.69) is 21.3 Å². The molecule has 0 amide bonds. The number of nitrogens with one attached hydrogen (secondary N) is 1. The summed E-state index contributed by atoms with van der Waals surface area (Å²) in [6, 6.07) is 0. The van der Waals surface area contributed by atoms with Gasteiger partial charge in [-0.1, -0.05) is 12.7 Å². The summed E-state index contributed by atoms with van der Waals surface area (Å²) < 4.78 is 4.68. The monoisotopic (exact) mass is 152 g/mol. The van der Waals surface area contributed by atoms with Crippen LogP contribution in [0.3, 0.4) is 0 Å². The molecule has 0 spiro atoms. The van der Waals surface area contributed by atoms with Gasteiger partial charge in [0.15, 0.2) is 0 Å². The van der Waals surface area contributed by atoms with Crippen molar-refractivity contribution in [2.45, 2.75) is 0 Å². The average molecular weight is 152 g/mol. The predicted molar refractivity (Wildman–Crippen MR) is 39.1 cm³/mol. The van der Waals surface area contributed by atoms with Crippen molar-refractivity contribution in [3.63, 3.8) is 0 Å². The fourth-order valence-corrected chi connectivity index (χ4v) is 0.580. The maximum absolute atomic E-state index is 10.9. The lowest BCUT2D eigenvalue weighted by atomic mass is 10.6. The summed E-state index contributed by atoms with van der Waals surface area (Å²) in [4.78, 5) is 17.2. The summed E-state index contributed by atoms with van der Waals surface area (Å²) in [6.45, 7) is 3.61. The Kier molecular flexibility index (Phi) is 2.43. The first kappa shape index (κ1) is 7.53. The number of hydrogen-bond acceptors (Lipinski definition) is 3. The van der Waals surface area contributed by atoms with Gasteiger partial charge >= 0.3 is 5.97 Å². The summed E-state index contributed by atoms with van der Waals surface area (Å²) in [6.07, 6.45) is 4.55. The minimum Gasteiger partial charge on any atom is -0.456 e. The van der Waals surface area contributed by atoms with E-state index in [0.29, 0.717) is 0 Å². The van der Waals surface area contributed by atoms with Gasteiger partial charge in [-0.2, -0.15) is 0 Å². The third-order valence-electron chi connectivity index (χ3n) is 1.02. The third-order valence-corrected chi connectivity index (χ3v) is 1.02. The van der Waals surface area contributed by atoms with Crippen molar-refractivity contribution >= 4 is 5.97 Å². The van der Waals surface area contributed by atoms with Crippen molar-refractivity contribution < 1.29 is 9.53 Å². The van der Waals surface area contributed by atoms with Crippen LogP contribution in [0.4, 0.5) is 0 Å². The first-order chi connectivity index (χ1) is 5.34. The third kappa shape index (κ3) is 1.93. The Labute approximate surface area is 63.9 Å². The molecule has 0 unspecified atom stereocenters. The second-order valence-electron chi connectivity index (χ2n) is 1.82. The molecule has 0 fully saturated rings. The highest BCUT2D eigenvalue weighted by molar-refractivity contribution is 5.85. The van der Waals surface area contributed by atoms with Gasteiger partial charge in [-0.05, 0) is 0 Å². The second-order valence-corrected chi connectivity index (χ2v) is 1.82. The van der Waals surface area contributed by atoms with Gasteiger partial charge in [0.25, 0.3) is 0 Å². The lowest BCUT2D eigenvalue weighted by molar-refractivity contribution is 0.0537. The Balaban J connectivity index is 2.49. The lowest BCUT2D eigenvalue weighted by Gasteiger charge is -1.95. The zero-order chi connectivity index (χ0) is 8.10. The molecular formula is C7H8N2O2. The maximum Gasteiger partial charge on any atom is 0.374 e. The second kappa shape index (κ2) is 3.55. The van der Waals surface area contributed by atoms with Crippen LogP contribution in [0, 0.1) is 0 Å². The van der Waals surface area contributed by atoms with E-state index in [9.17, 15) is 4.79 Å². The van der Waals surface area contributed by atoms with E-state index < -0.39 is 5.97 Å². The minimum atomic E-state index is -0.463. The van der Waals surface area contributed by atoms with Crippen LogP contribution in [0.5, 0.6) is 0 Å². The molecule has 1 heterocycles. The van der Waals surface area contributed by atoms with Crippen molar-refractivity contribution in [2.75, 3.05) is 6.61 Å². The van der Waals surface area contributed by atoms with Crippen LogP contribution in [0.2, 0.25) is 0 Å². The molecule has 0 atom stereocenters. The van der Waals surface area contributed by atoms with Crippen LogP contribution in [0.25, 0.3) is 0 Å². The van der Waals surface area contributed by atoms with Crippen molar-refractivity contribution in [3.05, 3.63) is 30.9 Å². The number of carbonyl (C=O) groups excluding carboxylic acids is 1. The van der Waals surface area contributed by atoms with Crippen LogP contribution >= 0.6 is 0 Å². The van der Waals surface area contributed by atoms with Gasteiger partial charge in [0, 0.05) is 12.4 Å². The van der Waals surface area contributed by atoms with E-state index in [-0.39, 0.29) is 12.4 Å². The smallest absolute Gasteiger partial charge is 0.374 e. The van der Waals surface area contributed by atoms with Gasteiger partial charge in [-0.25, -0.2) is 9.78 Å². The van der Waals surface area contributed by atoms with Gasteiger partial charge in [0.1, 0.15) is 6.61 Å². The fraction of sp³-hybridized carbons (Fsp3) is 0.143. The van der Waals surface area contributed by atoms with E-state index in [1.54, 1.807) is 6.20 Å². The molecule has 58 valence electrons. The number of carbonyl (C=O) groups is 1. The molecule has 0 aliphatic rings. The van der Waals surface area contributed by atoms with E-state index in [1.807, 2.05) is 0 Å². The largest absolute Gasteiger partial charge is 0.456 e. The lowest BCUT2D eigenvalue weighted by Crippen LogP contribution is -2.06. The van der Waals surface area contributed by atoms with Crippen LogP contribution in [0.15, 0.2) is 25.0 Å². The number of H-pyrrole nitrogens is 1. The number of aromatic nitrogens is 2. The molecule has 0 bridgehead atoms. The topological polar surface area (TPSA) is 55.0 Å². The first-order valence-electron chi connectivity index (χ1n) is 3.12. The number of imidazole rings is 1. The van der Waals surface area contributed by atoms with Crippen molar-refractivity contribution in [3.8, 4) is 0 Å². The summed E-state index contributed by atoms with van der Waals surface area (Å²) in [5.74, 6) is -0.248. The number of hydrogen-bond donors (Lipinski definition) is 1. The van der Waals surface area contributed by atoms with Crippen molar-refractivity contribution in [1.82, 2.24) is 9.97 Å². The molecule has 1 rings (SSSR count). The van der Waals surface area contributed by atoms with E-state index in [4.69, 9.17) is 0 Å². The first-order valence-corrected chi connectivity index (χ1v) is 3.12. The minimum absolute atomic E-state index is 0.208. The summed E-state index contributed by atoms with van der Waals surface area (Å²) in [5, 5.41) is 0. The molecule has 1 N–H and O–H groups in total. The van der Waals surface area contributed by atoms with Crippen molar-refractivity contribution in [2.24, 2.45) is 0 Å². The summed E-state index contributed by atoms with van der Waals surface area (Å²) in [5.41, 5.74) is 0. The number of esters is 1. The van der Waals surface area contributed by atoms with Gasteiger partial charge in [0.05, 0.1) is 0 Å². The summed E-state index contributed by atoms with van der Waals surface area (Å²) in [7, 11) is 0. The average Bonchev–Trinajstić information content (AvgIpc) is 2.52. The fourth-order valence-electron chi connectivity index (χ4n) is 0.580. The van der Waals surface area contributed by atoms with Crippen molar-refractivity contribution in [1.29, 1.82) is 0 Å². The van der Waals surface area contributed by atoms with Crippen LogP contribution < -0.4 is 0 Å². The molecule has 0 aliphatic heterocycles. The number of nitrogens with zero attached hydrogens (tertiary/aromatic N) is 1. The van der Waals surface area contributed by atoms with Gasteiger partial charge in [-0.15, -0.1) is 0 Å². The van der Waals surface area contributed by atoms with E-state index in [1.165, 1.54) is 12.3 Å². The van der Waals surface area contributed by atoms with Crippen LogP contribution in [-0.4, -0.2) is 22.5 Å². The Morgan fingerprint density at radius 1 is 1.91 bits per heavy atom. The van der Waals surface area contributed by atoms with E-state index >= 15 is 0 Å². The van der Waals surface area contributed by atoms with E-state index in [0.717, 1.165) is 0 Å². The molecule has 4 nitrogen and oxygen atoms in total. The summed E-state index contributed by atoms with van der Waals surface area (Å²) >= 11 is 0. The number of rotatable bonds is 3. The van der Waals surface area contributed by atoms with Gasteiger partial charge in [-0.3, -0.25) is 0 Å². The Bertz CT molecular complexity index is 241. The molecule has 0 saturated heterocycles. The maximum atomic E-state index is 10.9. The Morgan fingerprint density at radius 3 is 3.27 bits per heavy atom. The van der Waals surface area contributed by atoms with Crippen LogP contribution in [-0.2, 0) is 4.74 Å². The quantitative estimate of drug-likeness (QED) is 0.513. The Morgan fingerprint density at radius 2 is 2.73 bits per heavy atom. The number of aromatic amines is 1. The molecule has 1 aromatic rings. The Hall–Kier alpha value is -1.58.